The van der Waals surface area contributed by atoms with E-state index in [4.69, 9.17) is 25.5 Å². The van der Waals surface area contributed by atoms with Crippen molar-refractivity contribution in [1.29, 1.82) is 0 Å². The fourth-order valence-electron chi connectivity index (χ4n) is 1.80. The SMILES string of the molecule is O=C(O)CC(OC(=O)CC(O)(C(=O)O)C(O)C(=O)O)(C(=O)O)C(O)C(=O)O. The topological polar surface area (TPSA) is 273 Å². The zero-order valence-electron chi connectivity index (χ0n) is 13.0. The van der Waals surface area contributed by atoms with Crippen molar-refractivity contribution in [3.8, 4) is 0 Å². The van der Waals surface area contributed by atoms with Crippen molar-refractivity contribution in [2.45, 2.75) is 36.3 Å². The molecule has 0 radical (unpaired) electrons. The zero-order valence-corrected chi connectivity index (χ0v) is 13.0. The Labute approximate surface area is 147 Å². The molecule has 0 aliphatic heterocycles. The van der Waals surface area contributed by atoms with Gasteiger partial charge in [-0.1, -0.05) is 0 Å². The fraction of sp³-hybridized carbons (Fsp3) is 0.500. The van der Waals surface area contributed by atoms with Gasteiger partial charge >= 0.3 is 35.8 Å². The van der Waals surface area contributed by atoms with Gasteiger partial charge in [-0.3, -0.25) is 9.59 Å². The molecule has 0 rings (SSSR count). The standard InChI is InChI=1S/C12H14O15/c13-3(14)1-12(10(24)25,6(17)8(20)21)27-4(15)2-11(26,9(22)23)5(16)7(18)19/h5-6,16-17,26H,1-2H2,(H,13,14)(H,18,19)(H,20,21)(H,22,23)(H,24,25). The number of hydrogen-bond donors (Lipinski definition) is 8. The van der Waals surface area contributed by atoms with Crippen LogP contribution >= 0.6 is 0 Å². The van der Waals surface area contributed by atoms with Gasteiger partial charge in [0.15, 0.2) is 6.10 Å². The number of carboxylic acids is 5. The van der Waals surface area contributed by atoms with Crippen LogP contribution in [-0.4, -0.2) is 100 Å². The maximum absolute atomic E-state index is 11.8. The molecule has 4 unspecified atom stereocenters. The molecule has 0 fully saturated rings. The van der Waals surface area contributed by atoms with E-state index >= 15 is 0 Å². The Morgan fingerprint density at radius 1 is 0.741 bits per heavy atom. The zero-order chi connectivity index (χ0) is 21.7. The van der Waals surface area contributed by atoms with E-state index in [0.717, 1.165) is 0 Å². The molecule has 0 saturated heterocycles. The lowest BCUT2D eigenvalue weighted by molar-refractivity contribution is -0.208. The van der Waals surface area contributed by atoms with Crippen LogP contribution in [0.15, 0.2) is 0 Å². The Morgan fingerprint density at radius 2 is 1.19 bits per heavy atom. The molecule has 15 heteroatoms. The van der Waals surface area contributed by atoms with Crippen molar-refractivity contribution in [2.75, 3.05) is 0 Å². The summed E-state index contributed by atoms with van der Waals surface area (Å²) in [5.74, 6) is -13.7. The highest BCUT2D eigenvalue weighted by Crippen LogP contribution is 2.26. The van der Waals surface area contributed by atoms with Crippen LogP contribution in [-0.2, 0) is 33.5 Å². The average molecular weight is 398 g/mol. The summed E-state index contributed by atoms with van der Waals surface area (Å²) in [6, 6.07) is 0. The molecule has 0 aromatic carbocycles. The van der Waals surface area contributed by atoms with Crippen molar-refractivity contribution < 1.29 is 74.4 Å². The molecule has 0 aromatic rings. The van der Waals surface area contributed by atoms with Crippen LogP contribution in [0.25, 0.3) is 0 Å². The number of aliphatic hydroxyl groups is 3. The highest BCUT2D eigenvalue weighted by atomic mass is 16.6. The first-order valence-electron chi connectivity index (χ1n) is 6.56. The van der Waals surface area contributed by atoms with Gasteiger partial charge in [-0.05, 0) is 0 Å². The number of carbonyl (C=O) groups is 6. The number of carbonyl (C=O) groups excluding carboxylic acids is 1. The van der Waals surface area contributed by atoms with E-state index in [9.17, 15) is 44.1 Å². The summed E-state index contributed by atoms with van der Waals surface area (Å²) in [7, 11) is 0. The summed E-state index contributed by atoms with van der Waals surface area (Å²) in [4.78, 5) is 66.4. The Balaban J connectivity index is 5.98. The van der Waals surface area contributed by atoms with E-state index in [2.05, 4.69) is 4.74 Å². The number of ether oxygens (including phenoxy) is 1. The van der Waals surface area contributed by atoms with Gasteiger partial charge in [0.2, 0.25) is 11.7 Å². The third kappa shape index (κ3) is 5.09. The van der Waals surface area contributed by atoms with Crippen molar-refractivity contribution in [2.24, 2.45) is 0 Å². The van der Waals surface area contributed by atoms with Crippen LogP contribution in [0.1, 0.15) is 12.8 Å². The summed E-state index contributed by atoms with van der Waals surface area (Å²) < 4.78 is 4.13. The van der Waals surface area contributed by atoms with Crippen molar-refractivity contribution >= 4 is 35.8 Å². The van der Waals surface area contributed by atoms with E-state index < -0.39 is 72.1 Å². The lowest BCUT2D eigenvalue weighted by Gasteiger charge is -2.32. The molecule has 0 aliphatic carbocycles. The molecule has 0 amide bonds. The highest BCUT2D eigenvalue weighted by Gasteiger charge is 2.57. The molecule has 152 valence electrons. The van der Waals surface area contributed by atoms with Crippen LogP contribution < -0.4 is 0 Å². The predicted octanol–water partition coefficient (Wildman–Crippen LogP) is -4.08. The number of aliphatic carboxylic acids is 5. The van der Waals surface area contributed by atoms with E-state index in [1.165, 1.54) is 0 Å². The molecule has 0 bridgehead atoms. The van der Waals surface area contributed by atoms with E-state index in [-0.39, 0.29) is 0 Å². The summed E-state index contributed by atoms with van der Waals surface area (Å²) >= 11 is 0. The maximum atomic E-state index is 11.8. The van der Waals surface area contributed by atoms with Crippen molar-refractivity contribution in [1.82, 2.24) is 0 Å². The van der Waals surface area contributed by atoms with Crippen LogP contribution in [0.3, 0.4) is 0 Å². The summed E-state index contributed by atoms with van der Waals surface area (Å²) in [6.45, 7) is 0. The normalized spacial score (nSPS) is 17.4. The van der Waals surface area contributed by atoms with Crippen LogP contribution in [0.4, 0.5) is 0 Å². The summed E-state index contributed by atoms with van der Waals surface area (Å²) in [5.41, 5.74) is -7.40. The molecular weight excluding hydrogens is 384 g/mol. The van der Waals surface area contributed by atoms with Gasteiger partial charge < -0.3 is 45.6 Å². The van der Waals surface area contributed by atoms with Gasteiger partial charge in [-0.15, -0.1) is 0 Å². The average Bonchev–Trinajstić information content (AvgIpc) is 2.51. The van der Waals surface area contributed by atoms with Crippen LogP contribution in [0.2, 0.25) is 0 Å². The molecule has 0 aromatic heterocycles. The lowest BCUT2D eigenvalue weighted by atomic mass is 9.90. The molecule has 4 atom stereocenters. The minimum atomic E-state index is -3.75. The lowest BCUT2D eigenvalue weighted by Crippen LogP contribution is -2.59. The third-order valence-electron chi connectivity index (χ3n) is 3.22. The minimum Gasteiger partial charge on any atom is -0.481 e. The van der Waals surface area contributed by atoms with Crippen molar-refractivity contribution in [3.05, 3.63) is 0 Å². The molecule has 15 nitrogen and oxygen atoms in total. The highest BCUT2D eigenvalue weighted by molar-refractivity contribution is 5.95. The number of aliphatic hydroxyl groups excluding tert-OH is 2. The van der Waals surface area contributed by atoms with Crippen molar-refractivity contribution in [3.63, 3.8) is 0 Å². The monoisotopic (exact) mass is 398 g/mol. The second-order valence-electron chi connectivity index (χ2n) is 5.13. The molecule has 0 aliphatic rings. The quantitative estimate of drug-likeness (QED) is 0.154. The Hall–Kier alpha value is -3.30. The Kier molecular flexibility index (Phi) is 7.36. The second kappa shape index (κ2) is 8.39. The molecule has 0 heterocycles. The summed E-state index contributed by atoms with van der Waals surface area (Å²) in [6.07, 6.45) is -9.98. The predicted molar refractivity (Wildman–Crippen MR) is 73.2 cm³/mol. The maximum Gasteiger partial charge on any atom is 0.352 e. The molecule has 0 spiro atoms. The minimum absolute atomic E-state index is 1.80. The molecule has 8 N–H and O–H groups in total. The molecule has 0 saturated carbocycles. The first-order valence-corrected chi connectivity index (χ1v) is 6.56. The van der Waals surface area contributed by atoms with Gasteiger partial charge in [0.25, 0.3) is 5.60 Å². The number of rotatable bonds is 11. The largest absolute Gasteiger partial charge is 0.481 e. The van der Waals surface area contributed by atoms with E-state index in [1.807, 2.05) is 0 Å². The van der Waals surface area contributed by atoms with Gasteiger partial charge in [0.1, 0.15) is 0 Å². The smallest absolute Gasteiger partial charge is 0.352 e. The van der Waals surface area contributed by atoms with Gasteiger partial charge in [-0.2, -0.15) is 0 Å². The molecule has 27 heavy (non-hydrogen) atoms. The molecular formula is C12H14O15. The Bertz CT molecular complexity index is 668. The van der Waals surface area contributed by atoms with Crippen LogP contribution in [0.5, 0.6) is 0 Å². The van der Waals surface area contributed by atoms with E-state index in [1.54, 1.807) is 0 Å². The number of carboxylic acid groups (broad SMARTS) is 5. The Morgan fingerprint density at radius 3 is 1.48 bits per heavy atom. The van der Waals surface area contributed by atoms with Gasteiger partial charge in [0, 0.05) is 0 Å². The number of esters is 1. The second-order valence-corrected chi connectivity index (χ2v) is 5.13. The first-order chi connectivity index (χ1) is 12.1. The van der Waals surface area contributed by atoms with Gasteiger partial charge in [-0.25, -0.2) is 19.2 Å². The third-order valence-corrected chi connectivity index (χ3v) is 3.22. The fourth-order valence-corrected chi connectivity index (χ4v) is 1.80. The van der Waals surface area contributed by atoms with E-state index in [0.29, 0.717) is 0 Å². The van der Waals surface area contributed by atoms with Crippen LogP contribution in [0, 0.1) is 0 Å². The van der Waals surface area contributed by atoms with Gasteiger partial charge in [0.05, 0.1) is 12.8 Å². The summed E-state index contributed by atoms with van der Waals surface area (Å²) in [5, 5.41) is 72.2. The number of hydrogen-bond acceptors (Lipinski definition) is 10. The first kappa shape index (κ1) is 23.7.